The summed E-state index contributed by atoms with van der Waals surface area (Å²) in [6, 6.07) is 6.65. The summed E-state index contributed by atoms with van der Waals surface area (Å²) in [6.45, 7) is 6.16. The Morgan fingerprint density at radius 1 is 1.38 bits per heavy atom. The van der Waals surface area contributed by atoms with Crippen LogP contribution in [0.1, 0.15) is 31.4 Å². The number of carboxylic acids is 1. The first kappa shape index (κ1) is 17.0. The van der Waals surface area contributed by atoms with Crippen LogP contribution in [0.4, 0.5) is 4.79 Å². The largest absolute Gasteiger partial charge is 0.480 e. The summed E-state index contributed by atoms with van der Waals surface area (Å²) in [5.74, 6) is -1.11. The van der Waals surface area contributed by atoms with Gasteiger partial charge in [0, 0.05) is 13.6 Å². The van der Waals surface area contributed by atoms with Crippen molar-refractivity contribution in [2.24, 2.45) is 5.92 Å². The molecule has 2 amide bonds. The van der Waals surface area contributed by atoms with Crippen LogP contribution in [0.3, 0.4) is 0 Å². The Morgan fingerprint density at radius 3 is 2.57 bits per heavy atom. The molecule has 21 heavy (non-hydrogen) atoms. The summed E-state index contributed by atoms with van der Waals surface area (Å²) in [6.07, 6.45) is 0.693. The van der Waals surface area contributed by atoms with Crippen molar-refractivity contribution in [3.05, 3.63) is 35.4 Å². The molecule has 2 atom stereocenters. The summed E-state index contributed by atoms with van der Waals surface area (Å²) in [5, 5.41) is 11.8. The van der Waals surface area contributed by atoms with Gasteiger partial charge >= 0.3 is 12.0 Å². The monoisotopic (exact) mass is 292 g/mol. The Labute approximate surface area is 126 Å². The lowest BCUT2D eigenvalue weighted by atomic mass is 9.99. The van der Waals surface area contributed by atoms with E-state index >= 15 is 0 Å². The van der Waals surface area contributed by atoms with E-state index in [-0.39, 0.29) is 11.9 Å². The molecule has 1 rings (SSSR count). The highest BCUT2D eigenvalue weighted by atomic mass is 16.4. The van der Waals surface area contributed by atoms with E-state index in [0.717, 1.165) is 11.1 Å². The Morgan fingerprint density at radius 2 is 2.05 bits per heavy atom. The number of nitrogens with one attached hydrogen (secondary N) is 1. The predicted octanol–water partition coefficient (Wildman–Crippen LogP) is 2.64. The molecule has 0 aliphatic carbocycles. The highest BCUT2D eigenvalue weighted by molar-refractivity contribution is 5.82. The molecule has 0 aliphatic rings. The second-order valence-corrected chi connectivity index (χ2v) is 5.50. The van der Waals surface area contributed by atoms with E-state index in [1.54, 1.807) is 7.05 Å². The molecular formula is C16H24N2O3. The predicted molar refractivity (Wildman–Crippen MR) is 82.1 cm³/mol. The third-order valence-corrected chi connectivity index (χ3v) is 3.61. The van der Waals surface area contributed by atoms with E-state index in [2.05, 4.69) is 5.32 Å². The number of carbonyl (C=O) groups is 2. The molecule has 0 aliphatic heterocycles. The molecule has 2 N–H and O–H groups in total. The van der Waals surface area contributed by atoms with E-state index < -0.39 is 12.0 Å². The second kappa shape index (κ2) is 7.67. The Balaban J connectivity index is 2.67. The highest BCUT2D eigenvalue weighted by Gasteiger charge is 2.26. The average molecular weight is 292 g/mol. The molecule has 1 aromatic carbocycles. The molecule has 0 fully saturated rings. The van der Waals surface area contributed by atoms with Gasteiger partial charge in [-0.05, 0) is 18.4 Å². The number of benzene rings is 1. The number of rotatable bonds is 6. The smallest absolute Gasteiger partial charge is 0.326 e. The lowest BCUT2D eigenvalue weighted by Gasteiger charge is -2.24. The molecule has 5 heteroatoms. The van der Waals surface area contributed by atoms with E-state index in [9.17, 15) is 14.7 Å². The number of aliphatic carboxylic acids is 1. The maximum Gasteiger partial charge on any atom is 0.326 e. The van der Waals surface area contributed by atoms with Crippen LogP contribution in [0, 0.1) is 12.8 Å². The zero-order valence-corrected chi connectivity index (χ0v) is 13.1. The summed E-state index contributed by atoms with van der Waals surface area (Å²) < 4.78 is 0. The van der Waals surface area contributed by atoms with Crippen molar-refractivity contribution in [1.29, 1.82) is 0 Å². The molecule has 0 saturated carbocycles. The van der Waals surface area contributed by atoms with Gasteiger partial charge in [0.2, 0.25) is 0 Å². The lowest BCUT2D eigenvalue weighted by molar-refractivity contribution is -0.140. The van der Waals surface area contributed by atoms with Crippen molar-refractivity contribution in [3.63, 3.8) is 0 Å². The first-order valence-electron chi connectivity index (χ1n) is 7.15. The van der Waals surface area contributed by atoms with Gasteiger partial charge < -0.3 is 15.3 Å². The van der Waals surface area contributed by atoms with Crippen LogP contribution in [0.2, 0.25) is 0 Å². The number of carboxylic acid groups (broad SMARTS) is 1. The van der Waals surface area contributed by atoms with Gasteiger partial charge in [-0.15, -0.1) is 0 Å². The average Bonchev–Trinajstić information content (AvgIpc) is 2.43. The number of hydrogen-bond donors (Lipinski definition) is 2. The number of hydrogen-bond acceptors (Lipinski definition) is 2. The Bertz CT molecular complexity index is 502. The number of amides is 2. The minimum atomic E-state index is -0.998. The second-order valence-electron chi connectivity index (χ2n) is 5.50. The third kappa shape index (κ3) is 5.10. The Hall–Kier alpha value is -2.04. The highest BCUT2D eigenvalue weighted by Crippen LogP contribution is 2.10. The van der Waals surface area contributed by atoms with Crippen molar-refractivity contribution in [3.8, 4) is 0 Å². The minimum Gasteiger partial charge on any atom is -0.480 e. The van der Waals surface area contributed by atoms with Crippen molar-refractivity contribution in [2.45, 2.75) is 39.8 Å². The van der Waals surface area contributed by atoms with E-state index in [1.165, 1.54) is 4.90 Å². The van der Waals surface area contributed by atoms with E-state index in [0.29, 0.717) is 13.0 Å². The third-order valence-electron chi connectivity index (χ3n) is 3.61. The molecule has 0 bridgehead atoms. The van der Waals surface area contributed by atoms with Crippen LogP contribution < -0.4 is 5.32 Å². The summed E-state index contributed by atoms with van der Waals surface area (Å²) in [4.78, 5) is 24.8. The normalized spacial score (nSPS) is 13.3. The molecule has 0 aromatic heterocycles. The van der Waals surface area contributed by atoms with Crippen LogP contribution in [-0.2, 0) is 11.3 Å². The summed E-state index contributed by atoms with van der Waals surface area (Å²) in [5.41, 5.74) is 2.15. The molecule has 0 heterocycles. The first-order valence-corrected chi connectivity index (χ1v) is 7.15. The molecule has 0 spiro atoms. The van der Waals surface area contributed by atoms with E-state index in [1.807, 2.05) is 45.0 Å². The molecule has 1 aromatic rings. The van der Waals surface area contributed by atoms with Gasteiger partial charge in [0.25, 0.3) is 0 Å². The number of nitrogens with zero attached hydrogens (tertiary/aromatic N) is 1. The fourth-order valence-electron chi connectivity index (χ4n) is 2.08. The molecule has 1 unspecified atom stereocenters. The van der Waals surface area contributed by atoms with Gasteiger partial charge in [-0.25, -0.2) is 9.59 Å². The number of carbonyl (C=O) groups excluding carboxylic acids is 1. The van der Waals surface area contributed by atoms with Gasteiger partial charge in [0.05, 0.1) is 0 Å². The molecule has 0 saturated heterocycles. The van der Waals surface area contributed by atoms with Crippen LogP contribution in [0.5, 0.6) is 0 Å². The van der Waals surface area contributed by atoms with Crippen molar-refractivity contribution in [2.75, 3.05) is 7.05 Å². The summed E-state index contributed by atoms with van der Waals surface area (Å²) in [7, 11) is 1.66. The van der Waals surface area contributed by atoms with Crippen LogP contribution >= 0.6 is 0 Å². The molecular weight excluding hydrogens is 268 g/mol. The quantitative estimate of drug-likeness (QED) is 0.847. The van der Waals surface area contributed by atoms with Crippen molar-refractivity contribution >= 4 is 12.0 Å². The molecule has 0 radical (unpaired) electrons. The van der Waals surface area contributed by atoms with Crippen LogP contribution in [0.25, 0.3) is 0 Å². The van der Waals surface area contributed by atoms with Gasteiger partial charge in [0.1, 0.15) is 6.04 Å². The van der Waals surface area contributed by atoms with Gasteiger partial charge in [-0.2, -0.15) is 0 Å². The Kier molecular flexibility index (Phi) is 6.21. The number of urea groups is 1. The van der Waals surface area contributed by atoms with Gasteiger partial charge in [-0.3, -0.25) is 0 Å². The lowest BCUT2D eigenvalue weighted by Crippen LogP contribution is -2.49. The molecule has 5 nitrogen and oxygen atoms in total. The molecule has 116 valence electrons. The maximum absolute atomic E-state index is 12.1. The van der Waals surface area contributed by atoms with Gasteiger partial charge in [0.15, 0.2) is 0 Å². The van der Waals surface area contributed by atoms with E-state index in [4.69, 9.17) is 0 Å². The zero-order valence-electron chi connectivity index (χ0n) is 13.1. The van der Waals surface area contributed by atoms with Gasteiger partial charge in [-0.1, -0.05) is 50.1 Å². The van der Waals surface area contributed by atoms with Crippen molar-refractivity contribution in [1.82, 2.24) is 10.2 Å². The minimum absolute atomic E-state index is 0.112. The number of aryl methyl sites for hydroxylation is 1. The first-order chi connectivity index (χ1) is 9.85. The fraction of sp³-hybridized carbons (Fsp3) is 0.500. The van der Waals surface area contributed by atoms with Crippen molar-refractivity contribution < 1.29 is 14.7 Å². The topological polar surface area (TPSA) is 69.6 Å². The van der Waals surface area contributed by atoms with Crippen LogP contribution in [0.15, 0.2) is 24.3 Å². The maximum atomic E-state index is 12.1. The standard InChI is InChI=1S/C16H24N2O3/c1-5-12(3)14(15(19)20)17-16(21)18(4)10-13-8-6-7-11(2)9-13/h6-9,12,14H,5,10H2,1-4H3,(H,17,21)(H,19,20)/t12?,14-/m0/s1. The van der Waals surface area contributed by atoms with Crippen LogP contribution in [-0.4, -0.2) is 35.1 Å². The zero-order chi connectivity index (χ0) is 16.0. The summed E-state index contributed by atoms with van der Waals surface area (Å²) >= 11 is 0. The SMILES string of the molecule is CCC(C)[C@H](NC(=O)N(C)Cc1cccc(C)c1)C(=O)O. The fourth-order valence-corrected chi connectivity index (χ4v) is 2.08.